The van der Waals surface area contributed by atoms with Crippen LogP contribution >= 0.6 is 45.9 Å². The van der Waals surface area contributed by atoms with Crippen molar-refractivity contribution in [3.63, 3.8) is 0 Å². The summed E-state index contributed by atoms with van der Waals surface area (Å²) in [6, 6.07) is 32.2. The van der Waals surface area contributed by atoms with Crippen molar-refractivity contribution in [2.45, 2.75) is 32.4 Å². The first-order valence-corrected chi connectivity index (χ1v) is 19.4. The summed E-state index contributed by atoms with van der Waals surface area (Å²) < 4.78 is 14.3. The van der Waals surface area contributed by atoms with Crippen molar-refractivity contribution in [2.75, 3.05) is 10.6 Å². The Morgan fingerprint density at radius 2 is 1.05 bits per heavy atom. The summed E-state index contributed by atoms with van der Waals surface area (Å²) in [7, 11) is 0. The first kappa shape index (κ1) is 40.8. The van der Waals surface area contributed by atoms with Crippen LogP contribution in [0.15, 0.2) is 120 Å². The summed E-state index contributed by atoms with van der Waals surface area (Å²) in [5.41, 5.74) is 4.18. The van der Waals surface area contributed by atoms with Crippen molar-refractivity contribution < 1.29 is 33.8 Å². The van der Waals surface area contributed by atoms with E-state index in [0.717, 1.165) is 22.5 Å². The second-order valence-corrected chi connectivity index (χ2v) is 15.1. The highest BCUT2D eigenvalue weighted by Crippen LogP contribution is 2.38. The fraction of sp³-hybridized carbons (Fsp3) is 0.143. The zero-order chi connectivity index (χ0) is 39.6. The van der Waals surface area contributed by atoms with Crippen LogP contribution in [0.4, 0.5) is 14.4 Å². The molecule has 55 heavy (non-hydrogen) atoms. The standard InChI is InChI=1S/C22H20ClNO3S.C20H15ClFNO3S/c1-13(15-6-4-3-5-7-15)14(2)20(25)24-21-19(22(26)27)18(12-28-21)16-8-10-17(23)11-9-16;21-14-8-6-13(7-9-14)15-11-27-19(17(15)20(25)26)23-18(24)16(22)10-12-4-2-1-3-5-12/h3-14H,1-2H3,(H,24,25)(H,26,27);1-9,11,16H,10H2,(H,23,24)(H,25,26). The lowest BCUT2D eigenvalue weighted by atomic mass is 9.88. The highest BCUT2D eigenvalue weighted by molar-refractivity contribution is 7.15. The zero-order valence-corrected chi connectivity index (χ0v) is 32.6. The molecule has 3 unspecified atom stereocenters. The maximum absolute atomic E-state index is 14.3. The Hall–Kier alpha value is -5.33. The fourth-order valence-electron chi connectivity index (χ4n) is 5.61. The Bertz CT molecular complexity index is 2260. The van der Waals surface area contributed by atoms with Gasteiger partial charge in [-0.3, -0.25) is 9.59 Å². The van der Waals surface area contributed by atoms with Crippen LogP contribution in [0.1, 0.15) is 51.6 Å². The molecule has 6 rings (SSSR count). The van der Waals surface area contributed by atoms with Crippen LogP contribution in [0.2, 0.25) is 10.0 Å². The second-order valence-electron chi connectivity index (χ2n) is 12.5. The van der Waals surface area contributed by atoms with E-state index in [4.69, 9.17) is 23.2 Å². The van der Waals surface area contributed by atoms with Crippen LogP contribution in [-0.2, 0) is 16.0 Å². The van der Waals surface area contributed by atoms with E-state index in [2.05, 4.69) is 10.6 Å². The molecule has 0 saturated carbocycles. The van der Waals surface area contributed by atoms with E-state index in [1.807, 2.05) is 44.2 Å². The number of carbonyl (C=O) groups is 4. The average molecular weight is 818 g/mol. The largest absolute Gasteiger partial charge is 0.478 e. The molecule has 4 N–H and O–H groups in total. The van der Waals surface area contributed by atoms with Crippen molar-refractivity contribution >= 4 is 79.6 Å². The number of aromatic carboxylic acids is 2. The van der Waals surface area contributed by atoms with Gasteiger partial charge in [-0.15, -0.1) is 22.7 Å². The molecular weight excluding hydrogens is 783 g/mol. The Labute approximate surface area is 335 Å². The highest BCUT2D eigenvalue weighted by Gasteiger charge is 2.27. The highest BCUT2D eigenvalue weighted by atomic mass is 35.5. The Morgan fingerprint density at radius 1 is 0.636 bits per heavy atom. The van der Waals surface area contributed by atoms with E-state index in [0.29, 0.717) is 37.3 Å². The first-order valence-electron chi connectivity index (χ1n) is 16.9. The number of hydrogen-bond acceptors (Lipinski definition) is 6. The number of carbonyl (C=O) groups excluding carboxylic acids is 2. The van der Waals surface area contributed by atoms with Gasteiger partial charge in [0.15, 0.2) is 6.17 Å². The minimum absolute atomic E-state index is 0.00479. The van der Waals surface area contributed by atoms with Gasteiger partial charge in [-0.05, 0) is 52.4 Å². The SMILES string of the molecule is CC(C(=O)Nc1scc(-c2ccc(Cl)cc2)c1C(=O)O)C(C)c1ccccc1.O=C(O)c1c(-c2ccc(Cl)cc2)csc1NC(=O)C(F)Cc1ccccc1. The normalized spacial score (nSPS) is 12.4. The number of thiophene rings is 2. The smallest absolute Gasteiger partial charge is 0.339 e. The van der Waals surface area contributed by atoms with E-state index in [1.54, 1.807) is 89.6 Å². The third kappa shape index (κ3) is 10.5. The molecule has 2 aromatic heterocycles. The van der Waals surface area contributed by atoms with Crippen LogP contribution in [0.5, 0.6) is 0 Å². The zero-order valence-electron chi connectivity index (χ0n) is 29.5. The lowest BCUT2D eigenvalue weighted by Crippen LogP contribution is -2.26. The van der Waals surface area contributed by atoms with Gasteiger partial charge in [0.05, 0.1) is 0 Å². The number of rotatable bonds is 12. The molecule has 8 nitrogen and oxygen atoms in total. The lowest BCUT2D eigenvalue weighted by molar-refractivity contribution is -0.121. The van der Waals surface area contributed by atoms with Gasteiger partial charge in [0.1, 0.15) is 21.1 Å². The molecule has 4 aromatic carbocycles. The Morgan fingerprint density at radius 3 is 1.49 bits per heavy atom. The molecule has 6 aromatic rings. The minimum atomic E-state index is -1.78. The van der Waals surface area contributed by atoms with Gasteiger partial charge in [-0.25, -0.2) is 14.0 Å². The molecule has 3 atom stereocenters. The first-order chi connectivity index (χ1) is 26.3. The topological polar surface area (TPSA) is 133 Å². The quantitative estimate of drug-likeness (QED) is 0.0972. The molecule has 0 aliphatic carbocycles. The van der Waals surface area contributed by atoms with E-state index in [-0.39, 0.29) is 40.3 Å². The predicted octanol–water partition coefficient (Wildman–Crippen LogP) is 11.4. The number of amides is 2. The average Bonchev–Trinajstić information content (AvgIpc) is 3.80. The number of nitrogens with one attached hydrogen (secondary N) is 2. The van der Waals surface area contributed by atoms with Crippen molar-refractivity contribution in [3.8, 4) is 22.3 Å². The molecule has 0 bridgehead atoms. The van der Waals surface area contributed by atoms with E-state index >= 15 is 0 Å². The molecular formula is C42H35Cl2FN2O6S2. The lowest BCUT2D eigenvalue weighted by Gasteiger charge is -2.19. The number of alkyl halides is 1. The van der Waals surface area contributed by atoms with Gasteiger partial charge in [-0.2, -0.15) is 0 Å². The summed E-state index contributed by atoms with van der Waals surface area (Å²) in [6.45, 7) is 3.84. The van der Waals surface area contributed by atoms with Crippen LogP contribution in [-0.4, -0.2) is 40.1 Å². The number of carboxylic acids is 2. The number of carboxylic acid groups (broad SMARTS) is 2. The molecule has 0 saturated heterocycles. The van der Waals surface area contributed by atoms with Crippen LogP contribution in [0.25, 0.3) is 22.3 Å². The molecule has 2 heterocycles. The maximum Gasteiger partial charge on any atom is 0.339 e. The van der Waals surface area contributed by atoms with Crippen molar-refractivity contribution in [1.82, 2.24) is 0 Å². The summed E-state index contributed by atoms with van der Waals surface area (Å²) >= 11 is 14.0. The minimum Gasteiger partial charge on any atom is -0.478 e. The maximum atomic E-state index is 14.3. The number of halogens is 3. The Kier molecular flexibility index (Phi) is 14.0. The van der Waals surface area contributed by atoms with Gasteiger partial charge in [0.25, 0.3) is 5.91 Å². The van der Waals surface area contributed by atoms with Crippen molar-refractivity contribution in [3.05, 3.63) is 152 Å². The molecule has 13 heteroatoms. The molecule has 0 aliphatic heterocycles. The molecule has 2 amide bonds. The molecule has 0 spiro atoms. The van der Waals surface area contributed by atoms with Gasteiger partial charge < -0.3 is 20.8 Å². The molecule has 0 fully saturated rings. The van der Waals surface area contributed by atoms with Crippen LogP contribution < -0.4 is 10.6 Å². The third-order valence-electron chi connectivity index (χ3n) is 8.82. The van der Waals surface area contributed by atoms with Gasteiger partial charge in [0.2, 0.25) is 5.91 Å². The van der Waals surface area contributed by atoms with Gasteiger partial charge in [-0.1, -0.05) is 122 Å². The number of hydrogen-bond donors (Lipinski definition) is 4. The van der Waals surface area contributed by atoms with Crippen molar-refractivity contribution in [2.24, 2.45) is 5.92 Å². The summed E-state index contributed by atoms with van der Waals surface area (Å²) in [5, 5.41) is 29.4. The monoisotopic (exact) mass is 816 g/mol. The summed E-state index contributed by atoms with van der Waals surface area (Å²) in [5.74, 6) is -3.66. The van der Waals surface area contributed by atoms with Crippen LogP contribution in [0, 0.1) is 5.92 Å². The molecule has 0 aliphatic rings. The van der Waals surface area contributed by atoms with E-state index in [9.17, 15) is 33.8 Å². The Balaban J connectivity index is 0.000000211. The second kappa shape index (κ2) is 18.8. The molecule has 282 valence electrons. The number of anilines is 2. The predicted molar refractivity (Wildman–Crippen MR) is 220 cm³/mol. The van der Waals surface area contributed by atoms with Gasteiger partial charge >= 0.3 is 11.9 Å². The summed E-state index contributed by atoms with van der Waals surface area (Å²) in [4.78, 5) is 48.6. The third-order valence-corrected chi connectivity index (χ3v) is 11.1. The van der Waals surface area contributed by atoms with Crippen molar-refractivity contribution in [1.29, 1.82) is 0 Å². The number of benzene rings is 4. The molecule has 0 radical (unpaired) electrons. The van der Waals surface area contributed by atoms with E-state index < -0.39 is 24.0 Å². The fourth-order valence-corrected chi connectivity index (χ4v) is 7.79. The van der Waals surface area contributed by atoms with E-state index in [1.165, 1.54) is 11.3 Å². The van der Waals surface area contributed by atoms with Crippen LogP contribution in [0.3, 0.4) is 0 Å². The summed E-state index contributed by atoms with van der Waals surface area (Å²) in [6.07, 6.45) is -1.86. The van der Waals surface area contributed by atoms with Gasteiger partial charge in [0, 0.05) is 44.3 Å².